The summed E-state index contributed by atoms with van der Waals surface area (Å²) < 4.78 is 5.08. The van der Waals surface area contributed by atoms with Crippen LogP contribution in [0.15, 0.2) is 24.3 Å². The zero-order valence-corrected chi connectivity index (χ0v) is 9.91. The van der Waals surface area contributed by atoms with Crippen molar-refractivity contribution in [2.45, 2.75) is 13.0 Å². The molecule has 0 aliphatic heterocycles. The van der Waals surface area contributed by atoms with Crippen LogP contribution in [0, 0.1) is 0 Å². The molecule has 1 amide bonds. The molecule has 1 rings (SSSR count). The minimum atomic E-state index is -0.0136. The van der Waals surface area contributed by atoms with Crippen LogP contribution in [-0.2, 0) is 4.79 Å². The molecule has 0 fully saturated rings. The third kappa shape index (κ3) is 3.55. The molecule has 0 bridgehead atoms. The fraction of sp³-hybridized carbons (Fsp3) is 0.417. The second kappa shape index (κ2) is 6.12. The van der Waals surface area contributed by atoms with E-state index in [4.69, 9.17) is 4.74 Å². The molecular formula is C12H18N2O2. The number of likely N-dealkylation sites (N-methyl/N-ethyl adjacent to an activating group) is 1. The van der Waals surface area contributed by atoms with Crippen LogP contribution in [-0.4, -0.2) is 26.6 Å². The predicted octanol–water partition coefficient (Wildman–Crippen LogP) is 1.09. The van der Waals surface area contributed by atoms with E-state index in [1.54, 1.807) is 14.2 Å². The Hall–Kier alpha value is -1.55. The van der Waals surface area contributed by atoms with Gasteiger partial charge in [-0.15, -0.1) is 0 Å². The van der Waals surface area contributed by atoms with E-state index in [0.717, 1.165) is 11.3 Å². The molecule has 0 saturated heterocycles. The van der Waals surface area contributed by atoms with Crippen LogP contribution in [0.1, 0.15) is 18.5 Å². The molecule has 0 heterocycles. The number of hydrogen-bond acceptors (Lipinski definition) is 3. The van der Waals surface area contributed by atoms with Crippen LogP contribution in [0.4, 0.5) is 0 Å². The average molecular weight is 222 g/mol. The summed E-state index contributed by atoms with van der Waals surface area (Å²) in [5.74, 6) is 0.822. The summed E-state index contributed by atoms with van der Waals surface area (Å²) >= 11 is 0. The number of methoxy groups -OCH3 is 1. The number of hydrogen-bond donors (Lipinski definition) is 2. The molecule has 1 aromatic rings. The lowest BCUT2D eigenvalue weighted by molar-refractivity contribution is -0.119. The lowest BCUT2D eigenvalue weighted by Crippen LogP contribution is -2.32. The molecule has 4 heteroatoms. The smallest absolute Gasteiger partial charge is 0.233 e. The maximum absolute atomic E-state index is 11.1. The summed E-state index contributed by atoms with van der Waals surface area (Å²) in [6.45, 7) is 2.34. The van der Waals surface area contributed by atoms with Gasteiger partial charge in [0.15, 0.2) is 0 Å². The molecule has 0 aliphatic carbocycles. The van der Waals surface area contributed by atoms with E-state index in [9.17, 15) is 4.79 Å². The van der Waals surface area contributed by atoms with Gasteiger partial charge in [0.2, 0.25) is 5.91 Å². The van der Waals surface area contributed by atoms with Crippen molar-refractivity contribution in [3.8, 4) is 5.75 Å². The molecule has 88 valence electrons. The van der Waals surface area contributed by atoms with Gasteiger partial charge >= 0.3 is 0 Å². The number of ether oxygens (including phenoxy) is 1. The van der Waals surface area contributed by atoms with Crippen molar-refractivity contribution in [3.05, 3.63) is 29.8 Å². The Morgan fingerprint density at radius 3 is 2.50 bits per heavy atom. The zero-order chi connectivity index (χ0) is 12.0. The summed E-state index contributed by atoms with van der Waals surface area (Å²) in [5.41, 5.74) is 1.13. The minimum Gasteiger partial charge on any atom is -0.497 e. The van der Waals surface area contributed by atoms with Gasteiger partial charge in [-0.05, 0) is 24.6 Å². The molecule has 0 radical (unpaired) electrons. The van der Waals surface area contributed by atoms with Crippen LogP contribution in [0.25, 0.3) is 0 Å². The number of rotatable bonds is 5. The third-order valence-electron chi connectivity index (χ3n) is 2.46. The Balaban J connectivity index is 2.52. The number of nitrogens with one attached hydrogen (secondary N) is 2. The van der Waals surface area contributed by atoms with Gasteiger partial charge in [-0.3, -0.25) is 4.79 Å². The highest BCUT2D eigenvalue weighted by Crippen LogP contribution is 2.16. The second-order valence-corrected chi connectivity index (χ2v) is 3.55. The van der Waals surface area contributed by atoms with E-state index in [1.165, 1.54) is 0 Å². The topological polar surface area (TPSA) is 50.4 Å². The van der Waals surface area contributed by atoms with Crippen molar-refractivity contribution in [2.75, 3.05) is 20.7 Å². The van der Waals surface area contributed by atoms with Gasteiger partial charge in [-0.2, -0.15) is 0 Å². The predicted molar refractivity (Wildman–Crippen MR) is 63.5 cm³/mol. The SMILES string of the molecule is CNC(=O)CN[C@H](C)c1ccc(OC)cc1. The molecule has 1 aromatic carbocycles. The van der Waals surface area contributed by atoms with Crippen LogP contribution >= 0.6 is 0 Å². The van der Waals surface area contributed by atoms with E-state index in [2.05, 4.69) is 10.6 Å². The highest BCUT2D eigenvalue weighted by Gasteiger charge is 2.06. The Kier molecular flexibility index (Phi) is 4.79. The largest absolute Gasteiger partial charge is 0.497 e. The monoisotopic (exact) mass is 222 g/mol. The van der Waals surface area contributed by atoms with E-state index in [1.807, 2.05) is 31.2 Å². The van der Waals surface area contributed by atoms with Crippen molar-refractivity contribution in [3.63, 3.8) is 0 Å². The first-order valence-electron chi connectivity index (χ1n) is 5.25. The summed E-state index contributed by atoms with van der Waals surface area (Å²) in [4.78, 5) is 11.1. The number of carbonyl (C=O) groups is 1. The van der Waals surface area contributed by atoms with Crippen LogP contribution in [0.3, 0.4) is 0 Å². The van der Waals surface area contributed by atoms with Gasteiger partial charge in [-0.25, -0.2) is 0 Å². The fourth-order valence-corrected chi connectivity index (χ4v) is 1.34. The first-order chi connectivity index (χ1) is 7.67. The summed E-state index contributed by atoms with van der Waals surface area (Å²) in [7, 11) is 3.27. The fourth-order valence-electron chi connectivity index (χ4n) is 1.34. The summed E-state index contributed by atoms with van der Waals surface area (Å²) in [6, 6.07) is 7.94. The molecule has 2 N–H and O–H groups in total. The number of benzene rings is 1. The average Bonchev–Trinajstić information content (AvgIpc) is 2.35. The van der Waals surface area contributed by atoms with E-state index < -0.39 is 0 Å². The van der Waals surface area contributed by atoms with Gasteiger partial charge < -0.3 is 15.4 Å². The standard InChI is InChI=1S/C12H18N2O2/c1-9(14-8-12(15)13-2)10-4-6-11(16-3)7-5-10/h4-7,9,14H,8H2,1-3H3,(H,13,15)/t9-/m1/s1. The van der Waals surface area contributed by atoms with Crippen molar-refractivity contribution in [1.29, 1.82) is 0 Å². The van der Waals surface area contributed by atoms with Crippen molar-refractivity contribution < 1.29 is 9.53 Å². The molecule has 0 spiro atoms. The minimum absolute atomic E-state index is 0.0136. The van der Waals surface area contributed by atoms with Gasteiger partial charge in [0.1, 0.15) is 5.75 Å². The Bertz CT molecular complexity index is 335. The molecule has 0 saturated carbocycles. The number of amides is 1. The van der Waals surface area contributed by atoms with Crippen LogP contribution < -0.4 is 15.4 Å². The van der Waals surface area contributed by atoms with E-state index in [0.29, 0.717) is 6.54 Å². The second-order valence-electron chi connectivity index (χ2n) is 3.55. The molecular weight excluding hydrogens is 204 g/mol. The maximum atomic E-state index is 11.1. The summed E-state index contributed by atoms with van der Waals surface area (Å²) in [5, 5.41) is 5.70. The van der Waals surface area contributed by atoms with Crippen molar-refractivity contribution >= 4 is 5.91 Å². The lowest BCUT2D eigenvalue weighted by atomic mass is 10.1. The first kappa shape index (κ1) is 12.5. The lowest BCUT2D eigenvalue weighted by Gasteiger charge is -2.13. The van der Waals surface area contributed by atoms with E-state index in [-0.39, 0.29) is 11.9 Å². The first-order valence-corrected chi connectivity index (χ1v) is 5.25. The van der Waals surface area contributed by atoms with Gasteiger partial charge in [0.05, 0.1) is 13.7 Å². The Morgan fingerprint density at radius 1 is 1.38 bits per heavy atom. The van der Waals surface area contributed by atoms with Gasteiger partial charge in [-0.1, -0.05) is 12.1 Å². The number of carbonyl (C=O) groups excluding carboxylic acids is 1. The molecule has 0 unspecified atom stereocenters. The Labute approximate surface area is 96.0 Å². The molecule has 1 atom stereocenters. The maximum Gasteiger partial charge on any atom is 0.233 e. The molecule has 0 aromatic heterocycles. The normalized spacial score (nSPS) is 11.9. The Morgan fingerprint density at radius 2 is 2.00 bits per heavy atom. The van der Waals surface area contributed by atoms with Crippen LogP contribution in [0.2, 0.25) is 0 Å². The highest BCUT2D eigenvalue weighted by atomic mass is 16.5. The molecule has 0 aliphatic rings. The van der Waals surface area contributed by atoms with Crippen molar-refractivity contribution in [2.24, 2.45) is 0 Å². The third-order valence-corrected chi connectivity index (χ3v) is 2.46. The zero-order valence-electron chi connectivity index (χ0n) is 9.91. The quantitative estimate of drug-likeness (QED) is 0.784. The van der Waals surface area contributed by atoms with Crippen molar-refractivity contribution in [1.82, 2.24) is 10.6 Å². The van der Waals surface area contributed by atoms with Gasteiger partial charge in [0, 0.05) is 13.1 Å². The molecule has 4 nitrogen and oxygen atoms in total. The van der Waals surface area contributed by atoms with Crippen LogP contribution in [0.5, 0.6) is 5.75 Å². The highest BCUT2D eigenvalue weighted by molar-refractivity contribution is 5.77. The van der Waals surface area contributed by atoms with Gasteiger partial charge in [0.25, 0.3) is 0 Å². The summed E-state index contributed by atoms with van der Waals surface area (Å²) in [6.07, 6.45) is 0. The van der Waals surface area contributed by atoms with E-state index >= 15 is 0 Å². The molecule has 16 heavy (non-hydrogen) atoms.